The number of ether oxygens (including phenoxy) is 1. The third-order valence-corrected chi connectivity index (χ3v) is 3.16. The molecular weight excluding hydrogens is 270 g/mol. The first kappa shape index (κ1) is 13.2. The maximum Gasteiger partial charge on any atom is 0.322 e. The van der Waals surface area contributed by atoms with Gasteiger partial charge in [-0.05, 0) is 18.1 Å². The minimum absolute atomic E-state index is 0.213. The third-order valence-electron chi connectivity index (χ3n) is 2.39. The first-order valence-electron chi connectivity index (χ1n) is 5.23. The molecule has 0 saturated heterocycles. The summed E-state index contributed by atoms with van der Waals surface area (Å²) in [6.45, 7) is 2.60. The second-order valence-electron chi connectivity index (χ2n) is 3.46. The van der Waals surface area contributed by atoms with Crippen molar-refractivity contribution in [2.75, 3.05) is 7.11 Å². The van der Waals surface area contributed by atoms with Crippen LogP contribution in [0.5, 0.6) is 0 Å². The summed E-state index contributed by atoms with van der Waals surface area (Å²) in [6.07, 6.45) is 0.719. The Kier molecular flexibility index (Phi) is 5.49. The van der Waals surface area contributed by atoms with Gasteiger partial charge in [0.05, 0.1) is 7.11 Å². The maximum absolute atomic E-state index is 11.4. The van der Waals surface area contributed by atoms with E-state index in [9.17, 15) is 4.79 Å². The van der Waals surface area contributed by atoms with Gasteiger partial charge in [0, 0.05) is 11.0 Å². The van der Waals surface area contributed by atoms with Crippen molar-refractivity contribution in [2.24, 2.45) is 0 Å². The van der Waals surface area contributed by atoms with Crippen LogP contribution >= 0.6 is 15.9 Å². The largest absolute Gasteiger partial charge is 0.468 e. The highest BCUT2D eigenvalue weighted by Gasteiger charge is 2.15. The first-order valence-corrected chi connectivity index (χ1v) is 6.03. The van der Waals surface area contributed by atoms with E-state index in [1.165, 1.54) is 7.11 Å². The summed E-state index contributed by atoms with van der Waals surface area (Å²) in [5, 5.41) is 3.17. The van der Waals surface area contributed by atoms with E-state index >= 15 is 0 Å². The summed E-state index contributed by atoms with van der Waals surface area (Å²) in [7, 11) is 1.41. The molecule has 1 N–H and O–H groups in total. The molecule has 0 spiro atoms. The van der Waals surface area contributed by atoms with Crippen molar-refractivity contribution in [1.82, 2.24) is 5.32 Å². The Bertz CT molecular complexity index is 355. The number of halogens is 1. The molecule has 1 aromatic carbocycles. The second kappa shape index (κ2) is 6.66. The van der Waals surface area contributed by atoms with Crippen molar-refractivity contribution in [3.63, 3.8) is 0 Å². The van der Waals surface area contributed by atoms with Crippen LogP contribution < -0.4 is 5.32 Å². The summed E-state index contributed by atoms with van der Waals surface area (Å²) in [4.78, 5) is 11.4. The van der Waals surface area contributed by atoms with Crippen LogP contribution in [0.3, 0.4) is 0 Å². The van der Waals surface area contributed by atoms with Crippen LogP contribution in [0.2, 0.25) is 0 Å². The van der Waals surface area contributed by atoms with Gasteiger partial charge in [0.25, 0.3) is 0 Å². The van der Waals surface area contributed by atoms with Gasteiger partial charge in [0.2, 0.25) is 0 Å². The minimum atomic E-state index is -0.239. The van der Waals surface area contributed by atoms with Crippen molar-refractivity contribution in [3.8, 4) is 0 Å². The van der Waals surface area contributed by atoms with Gasteiger partial charge in [-0.2, -0.15) is 0 Å². The van der Waals surface area contributed by atoms with Crippen LogP contribution in [0.25, 0.3) is 0 Å². The van der Waals surface area contributed by atoms with Gasteiger partial charge < -0.3 is 10.1 Å². The van der Waals surface area contributed by atoms with Gasteiger partial charge in [0.15, 0.2) is 0 Å². The third kappa shape index (κ3) is 3.61. The van der Waals surface area contributed by atoms with Gasteiger partial charge in [-0.1, -0.05) is 41.1 Å². The van der Waals surface area contributed by atoms with Gasteiger partial charge >= 0.3 is 5.97 Å². The van der Waals surface area contributed by atoms with Gasteiger partial charge in [-0.3, -0.25) is 4.79 Å². The molecule has 4 heteroatoms. The van der Waals surface area contributed by atoms with E-state index in [-0.39, 0.29) is 12.0 Å². The van der Waals surface area contributed by atoms with Gasteiger partial charge in [0.1, 0.15) is 6.04 Å². The number of nitrogens with one attached hydrogen (secondary N) is 1. The van der Waals surface area contributed by atoms with E-state index in [0.29, 0.717) is 6.54 Å². The molecule has 0 aliphatic carbocycles. The normalized spacial score (nSPS) is 12.2. The lowest BCUT2D eigenvalue weighted by molar-refractivity contribution is -0.143. The Labute approximate surface area is 104 Å². The van der Waals surface area contributed by atoms with Crippen molar-refractivity contribution in [3.05, 3.63) is 34.3 Å². The van der Waals surface area contributed by atoms with E-state index in [2.05, 4.69) is 21.2 Å². The smallest absolute Gasteiger partial charge is 0.322 e. The Morgan fingerprint density at radius 3 is 2.75 bits per heavy atom. The summed E-state index contributed by atoms with van der Waals surface area (Å²) in [5.74, 6) is -0.213. The number of methoxy groups -OCH3 is 1. The molecule has 1 aromatic rings. The molecule has 0 amide bonds. The van der Waals surface area contributed by atoms with Crippen LogP contribution in [-0.2, 0) is 16.1 Å². The standard InChI is InChI=1S/C12H16BrNO2/c1-3-11(12(15)16-2)14-8-9-6-4-5-7-10(9)13/h4-7,11,14H,3,8H2,1-2H3/t11-/m0/s1. The van der Waals surface area contributed by atoms with E-state index in [4.69, 9.17) is 4.74 Å². The van der Waals surface area contributed by atoms with Crippen molar-refractivity contribution < 1.29 is 9.53 Å². The molecule has 0 aromatic heterocycles. The predicted molar refractivity (Wildman–Crippen MR) is 67.1 cm³/mol. The topological polar surface area (TPSA) is 38.3 Å². The zero-order valence-electron chi connectivity index (χ0n) is 9.50. The van der Waals surface area contributed by atoms with E-state index in [1.54, 1.807) is 0 Å². The maximum atomic E-state index is 11.4. The van der Waals surface area contributed by atoms with E-state index < -0.39 is 0 Å². The van der Waals surface area contributed by atoms with Crippen molar-refractivity contribution >= 4 is 21.9 Å². The summed E-state index contributed by atoms with van der Waals surface area (Å²) < 4.78 is 5.75. The van der Waals surface area contributed by atoms with Gasteiger partial charge in [-0.15, -0.1) is 0 Å². The molecule has 0 bridgehead atoms. The Morgan fingerprint density at radius 2 is 2.19 bits per heavy atom. The lowest BCUT2D eigenvalue weighted by Gasteiger charge is -2.14. The lowest BCUT2D eigenvalue weighted by Crippen LogP contribution is -2.36. The average molecular weight is 286 g/mol. The number of hydrogen-bond acceptors (Lipinski definition) is 3. The molecule has 0 radical (unpaired) electrons. The second-order valence-corrected chi connectivity index (χ2v) is 4.31. The molecule has 3 nitrogen and oxygen atoms in total. The Balaban J connectivity index is 2.56. The fourth-order valence-electron chi connectivity index (χ4n) is 1.41. The van der Waals surface area contributed by atoms with Crippen LogP contribution in [0.4, 0.5) is 0 Å². The van der Waals surface area contributed by atoms with Crippen molar-refractivity contribution in [1.29, 1.82) is 0 Å². The molecule has 0 fully saturated rings. The highest BCUT2D eigenvalue weighted by molar-refractivity contribution is 9.10. The molecule has 0 unspecified atom stereocenters. The fourth-order valence-corrected chi connectivity index (χ4v) is 1.84. The highest BCUT2D eigenvalue weighted by Crippen LogP contribution is 2.15. The van der Waals surface area contributed by atoms with E-state index in [1.807, 2.05) is 31.2 Å². The Hall–Kier alpha value is -0.870. The van der Waals surface area contributed by atoms with Crippen LogP contribution in [0.15, 0.2) is 28.7 Å². The number of hydrogen-bond donors (Lipinski definition) is 1. The summed E-state index contributed by atoms with van der Waals surface area (Å²) >= 11 is 3.47. The SMILES string of the molecule is CC[C@H](NCc1ccccc1Br)C(=O)OC. The van der Waals surface area contributed by atoms with Crippen molar-refractivity contribution in [2.45, 2.75) is 25.9 Å². The summed E-state index contributed by atoms with van der Waals surface area (Å²) in [6, 6.07) is 7.69. The molecule has 0 saturated carbocycles. The molecule has 16 heavy (non-hydrogen) atoms. The molecule has 1 atom stereocenters. The predicted octanol–water partition coefficient (Wildman–Crippen LogP) is 2.49. The molecule has 0 aliphatic heterocycles. The fraction of sp³-hybridized carbons (Fsp3) is 0.417. The molecule has 0 aliphatic rings. The molecule has 88 valence electrons. The average Bonchev–Trinajstić information content (AvgIpc) is 2.31. The monoisotopic (exact) mass is 285 g/mol. The zero-order valence-corrected chi connectivity index (χ0v) is 11.1. The Morgan fingerprint density at radius 1 is 1.50 bits per heavy atom. The summed E-state index contributed by atoms with van der Waals surface area (Å²) in [5.41, 5.74) is 1.13. The molecule has 1 rings (SSSR count). The van der Waals surface area contributed by atoms with Gasteiger partial charge in [-0.25, -0.2) is 0 Å². The lowest BCUT2D eigenvalue weighted by atomic mass is 10.2. The number of carbonyl (C=O) groups excluding carboxylic acids is 1. The number of carbonyl (C=O) groups is 1. The first-order chi connectivity index (χ1) is 7.69. The zero-order chi connectivity index (χ0) is 12.0. The minimum Gasteiger partial charge on any atom is -0.468 e. The van der Waals surface area contributed by atoms with Crippen LogP contribution in [0.1, 0.15) is 18.9 Å². The molecular formula is C12H16BrNO2. The van der Waals surface area contributed by atoms with Crippen LogP contribution in [-0.4, -0.2) is 19.1 Å². The number of benzene rings is 1. The quantitative estimate of drug-likeness (QED) is 0.845. The molecule has 0 heterocycles. The number of esters is 1. The number of rotatable bonds is 5. The highest BCUT2D eigenvalue weighted by atomic mass is 79.9. The van der Waals surface area contributed by atoms with Crippen LogP contribution in [0, 0.1) is 0 Å². The van der Waals surface area contributed by atoms with E-state index in [0.717, 1.165) is 16.5 Å².